The Morgan fingerprint density at radius 3 is 2.80 bits per heavy atom. The van der Waals surface area contributed by atoms with Crippen molar-refractivity contribution in [3.8, 4) is 6.07 Å². The van der Waals surface area contributed by atoms with Gasteiger partial charge in [-0.05, 0) is 42.3 Å². The minimum absolute atomic E-state index is 0.178. The van der Waals surface area contributed by atoms with Crippen LogP contribution < -0.4 is 10.2 Å². The van der Waals surface area contributed by atoms with Crippen LogP contribution in [0.5, 0.6) is 0 Å². The number of hydrogen-bond acceptors (Lipinski definition) is 4. The van der Waals surface area contributed by atoms with E-state index >= 15 is 0 Å². The zero-order valence-corrected chi connectivity index (χ0v) is 16.7. The molecule has 1 amide bonds. The van der Waals surface area contributed by atoms with Gasteiger partial charge in [0.1, 0.15) is 6.17 Å². The normalized spacial score (nSPS) is 18.9. The minimum Gasteiger partial charge on any atom is -0.465 e. The molecule has 0 saturated carbocycles. The van der Waals surface area contributed by atoms with E-state index in [1.165, 1.54) is 0 Å². The third-order valence-electron chi connectivity index (χ3n) is 5.23. The van der Waals surface area contributed by atoms with Crippen LogP contribution in [0.3, 0.4) is 0 Å². The molecule has 1 aliphatic heterocycles. The van der Waals surface area contributed by atoms with Gasteiger partial charge in [0, 0.05) is 18.1 Å². The van der Waals surface area contributed by atoms with Crippen LogP contribution in [0.4, 0.5) is 15.1 Å². The number of carbonyl (C=O) groups is 1. The van der Waals surface area contributed by atoms with Crippen molar-refractivity contribution in [2.45, 2.75) is 25.2 Å². The van der Waals surface area contributed by atoms with Gasteiger partial charge in [-0.1, -0.05) is 23.7 Å². The first-order chi connectivity index (χ1) is 14.4. The number of piperidine rings is 1. The summed E-state index contributed by atoms with van der Waals surface area (Å²) in [5, 5.41) is 20.9. The number of rotatable bonds is 4. The molecule has 0 unspecified atom stereocenters. The average molecular weight is 428 g/mol. The van der Waals surface area contributed by atoms with Crippen molar-refractivity contribution in [1.82, 2.24) is 14.9 Å². The van der Waals surface area contributed by atoms with Gasteiger partial charge in [-0.2, -0.15) is 5.26 Å². The van der Waals surface area contributed by atoms with Gasteiger partial charge < -0.3 is 19.9 Å². The lowest BCUT2D eigenvalue weighted by Gasteiger charge is -2.35. The van der Waals surface area contributed by atoms with E-state index in [0.717, 1.165) is 16.6 Å². The summed E-state index contributed by atoms with van der Waals surface area (Å²) in [6, 6.07) is 13.9. The molecule has 0 radical (unpaired) electrons. The lowest BCUT2D eigenvalue weighted by atomic mass is 10.0. The fraction of sp³-hybridized carbons (Fsp3) is 0.286. The molecule has 9 heteroatoms. The molecule has 0 bridgehead atoms. The van der Waals surface area contributed by atoms with Crippen molar-refractivity contribution in [1.29, 1.82) is 5.26 Å². The quantitative estimate of drug-likeness (QED) is 0.660. The Kier molecular flexibility index (Phi) is 5.46. The number of nitrogens with zero attached hydrogens (tertiary/aromatic N) is 4. The lowest BCUT2D eigenvalue weighted by Crippen LogP contribution is -2.54. The fourth-order valence-corrected chi connectivity index (χ4v) is 3.91. The van der Waals surface area contributed by atoms with Crippen molar-refractivity contribution < 1.29 is 14.3 Å². The van der Waals surface area contributed by atoms with Gasteiger partial charge in [-0.3, -0.25) is 0 Å². The van der Waals surface area contributed by atoms with E-state index in [1.54, 1.807) is 18.2 Å². The molecule has 2 atom stereocenters. The van der Waals surface area contributed by atoms with Gasteiger partial charge in [0.2, 0.25) is 5.95 Å². The van der Waals surface area contributed by atoms with Crippen LogP contribution in [-0.4, -0.2) is 46.1 Å². The van der Waals surface area contributed by atoms with Gasteiger partial charge in [-0.25, -0.2) is 14.2 Å². The molecule has 7 nitrogen and oxygen atoms in total. The number of alkyl halides is 1. The summed E-state index contributed by atoms with van der Waals surface area (Å²) < 4.78 is 16.2. The first kappa shape index (κ1) is 20.0. The maximum atomic E-state index is 14.3. The third-order valence-corrected chi connectivity index (χ3v) is 5.47. The highest BCUT2D eigenvalue weighted by Gasteiger charge is 2.32. The van der Waals surface area contributed by atoms with Crippen molar-refractivity contribution >= 4 is 34.7 Å². The van der Waals surface area contributed by atoms with Crippen molar-refractivity contribution in [2.24, 2.45) is 0 Å². The number of amides is 1. The van der Waals surface area contributed by atoms with Crippen molar-refractivity contribution in [3.05, 3.63) is 58.6 Å². The average Bonchev–Trinajstić information content (AvgIpc) is 3.07. The summed E-state index contributed by atoms with van der Waals surface area (Å²) in [5.74, 6) is 0.626. The molecular weight excluding hydrogens is 409 g/mol. The summed E-state index contributed by atoms with van der Waals surface area (Å²) in [5.41, 5.74) is 3.11. The van der Waals surface area contributed by atoms with E-state index in [1.807, 2.05) is 33.7 Å². The Morgan fingerprint density at radius 2 is 2.10 bits per heavy atom. The number of nitriles is 1. The molecule has 30 heavy (non-hydrogen) atoms. The molecule has 0 aliphatic carbocycles. The first-order valence-corrected chi connectivity index (χ1v) is 9.85. The first-order valence-electron chi connectivity index (χ1n) is 9.48. The Hall–Kier alpha value is -3.31. The Morgan fingerprint density at radius 1 is 1.33 bits per heavy atom. The van der Waals surface area contributed by atoms with Crippen LogP contribution in [-0.2, 0) is 6.54 Å². The second-order valence-electron chi connectivity index (χ2n) is 7.25. The zero-order chi connectivity index (χ0) is 21.3. The number of aromatic nitrogens is 2. The number of hydrogen-bond donors (Lipinski definition) is 2. The molecule has 2 aromatic carbocycles. The Labute approximate surface area is 177 Å². The highest BCUT2D eigenvalue weighted by molar-refractivity contribution is 6.31. The third kappa shape index (κ3) is 4.02. The zero-order valence-electron chi connectivity index (χ0n) is 15.9. The smallest absolute Gasteiger partial charge is 0.405 e. The molecule has 3 aromatic rings. The fourth-order valence-electron chi connectivity index (χ4n) is 3.75. The number of fused-ring (bicyclic) bond motifs is 1. The predicted molar refractivity (Wildman–Crippen MR) is 112 cm³/mol. The maximum absolute atomic E-state index is 14.3. The topological polar surface area (TPSA) is 94.2 Å². The molecule has 1 fully saturated rings. The highest BCUT2D eigenvalue weighted by Crippen LogP contribution is 2.29. The summed E-state index contributed by atoms with van der Waals surface area (Å²) in [6.45, 7) is 1.08. The summed E-state index contributed by atoms with van der Waals surface area (Å²) >= 11 is 6.21. The second-order valence-corrected chi connectivity index (χ2v) is 7.68. The maximum Gasteiger partial charge on any atom is 0.405 e. The Bertz CT molecular complexity index is 1120. The van der Waals surface area contributed by atoms with Crippen LogP contribution in [0.1, 0.15) is 17.5 Å². The van der Waals surface area contributed by atoms with Gasteiger partial charge in [0.15, 0.2) is 0 Å². The minimum atomic E-state index is -1.25. The predicted octanol–water partition coefficient (Wildman–Crippen LogP) is 3.79. The molecular formula is C21H19ClFN5O2. The largest absolute Gasteiger partial charge is 0.465 e. The molecule has 2 N–H and O–H groups in total. The Balaban J connectivity index is 1.72. The number of halogens is 2. The molecule has 0 spiro atoms. The van der Waals surface area contributed by atoms with Crippen LogP contribution in [0.25, 0.3) is 11.0 Å². The molecule has 1 saturated heterocycles. The van der Waals surface area contributed by atoms with E-state index in [0.29, 0.717) is 29.6 Å². The molecule has 154 valence electrons. The van der Waals surface area contributed by atoms with E-state index in [9.17, 15) is 9.18 Å². The number of nitrogens with one attached hydrogen (secondary N) is 1. The number of carboxylic acid groups (broad SMARTS) is 1. The summed E-state index contributed by atoms with van der Waals surface area (Å²) in [7, 11) is 0. The van der Waals surface area contributed by atoms with Crippen LogP contribution >= 0.6 is 11.6 Å². The van der Waals surface area contributed by atoms with Gasteiger partial charge in [0.25, 0.3) is 0 Å². The van der Waals surface area contributed by atoms with Gasteiger partial charge >= 0.3 is 6.09 Å². The standard InChI is InChI=1S/C21H19ClFN5O2/c22-15-5-6-17-19(9-15)28(11-14-3-1-13(10-24)2-4-14)20(25-17)27-8-7-16(23)18(12-27)26-21(29)30/h1-6,9,16,18,26H,7-8,11-12H2,(H,29,30)/t16-,18-/m1/s1. The van der Waals surface area contributed by atoms with Gasteiger partial charge in [0.05, 0.1) is 35.3 Å². The monoisotopic (exact) mass is 427 g/mol. The number of imidazole rings is 1. The molecule has 1 aromatic heterocycles. The van der Waals surface area contributed by atoms with Crippen LogP contribution in [0.15, 0.2) is 42.5 Å². The highest BCUT2D eigenvalue weighted by atomic mass is 35.5. The molecule has 1 aliphatic rings. The SMILES string of the molecule is N#Cc1ccc(Cn2c(N3CC[C@@H](F)[C@H](NC(=O)O)C3)nc3ccc(Cl)cc32)cc1. The van der Waals surface area contributed by atoms with Crippen LogP contribution in [0.2, 0.25) is 5.02 Å². The molecule has 4 rings (SSSR count). The van der Waals surface area contributed by atoms with E-state index < -0.39 is 18.3 Å². The second kappa shape index (κ2) is 8.20. The summed E-state index contributed by atoms with van der Waals surface area (Å²) in [6.07, 6.45) is -2.29. The lowest BCUT2D eigenvalue weighted by molar-refractivity contribution is 0.167. The van der Waals surface area contributed by atoms with Crippen molar-refractivity contribution in [3.63, 3.8) is 0 Å². The molecule has 2 heterocycles. The van der Waals surface area contributed by atoms with Crippen molar-refractivity contribution in [2.75, 3.05) is 18.0 Å². The van der Waals surface area contributed by atoms with E-state index in [2.05, 4.69) is 11.4 Å². The number of benzene rings is 2. The van der Waals surface area contributed by atoms with E-state index in [-0.39, 0.29) is 13.0 Å². The number of anilines is 1. The van der Waals surface area contributed by atoms with Gasteiger partial charge in [-0.15, -0.1) is 0 Å². The van der Waals surface area contributed by atoms with E-state index in [4.69, 9.17) is 27.0 Å². The van der Waals surface area contributed by atoms with Crippen LogP contribution in [0, 0.1) is 11.3 Å². The summed E-state index contributed by atoms with van der Waals surface area (Å²) in [4.78, 5) is 17.7.